The molecular weight excluding hydrogens is 192 g/mol. The fourth-order valence-electron chi connectivity index (χ4n) is 1.49. The van der Waals surface area contributed by atoms with Crippen molar-refractivity contribution in [3.05, 3.63) is 45.8 Å². The van der Waals surface area contributed by atoms with Crippen LogP contribution in [0.2, 0.25) is 0 Å². The zero-order valence-corrected chi connectivity index (χ0v) is 8.32. The van der Waals surface area contributed by atoms with Crippen LogP contribution < -0.4 is 5.63 Å². The van der Waals surface area contributed by atoms with Crippen molar-refractivity contribution in [2.75, 3.05) is 0 Å². The molecule has 1 aromatic carbocycles. The van der Waals surface area contributed by atoms with Crippen molar-refractivity contribution in [1.82, 2.24) is 0 Å². The fourth-order valence-corrected chi connectivity index (χ4v) is 1.49. The van der Waals surface area contributed by atoms with E-state index < -0.39 is 5.63 Å². The van der Waals surface area contributed by atoms with Gasteiger partial charge in [-0.1, -0.05) is 13.0 Å². The Labute approximate surface area is 86.3 Å². The van der Waals surface area contributed by atoms with Crippen LogP contribution in [0.1, 0.15) is 22.8 Å². The fraction of sp³-hybridized carbons (Fsp3) is 0.167. The van der Waals surface area contributed by atoms with Gasteiger partial charge in [0, 0.05) is 5.39 Å². The maximum Gasteiger partial charge on any atom is 0.346 e. The summed E-state index contributed by atoms with van der Waals surface area (Å²) in [6.45, 7) is 2.04. The lowest BCUT2D eigenvalue weighted by atomic mass is 10.1. The molecule has 0 aliphatic carbocycles. The second kappa shape index (κ2) is 3.69. The first kappa shape index (κ1) is 9.65. The molecule has 0 aliphatic heterocycles. The van der Waals surface area contributed by atoms with E-state index in [-0.39, 0.29) is 5.56 Å². The predicted octanol–water partition coefficient (Wildman–Crippen LogP) is 2.17. The van der Waals surface area contributed by atoms with Crippen molar-refractivity contribution < 1.29 is 9.21 Å². The van der Waals surface area contributed by atoms with Gasteiger partial charge in [0.05, 0.1) is 0 Å². The van der Waals surface area contributed by atoms with Crippen molar-refractivity contribution in [1.29, 1.82) is 0 Å². The third-order valence-electron chi connectivity index (χ3n) is 2.36. The zero-order valence-electron chi connectivity index (χ0n) is 8.32. The maximum absolute atomic E-state index is 11.2. The lowest BCUT2D eigenvalue weighted by Gasteiger charge is -2.00. The Bertz CT molecular complexity index is 567. The topological polar surface area (TPSA) is 47.3 Å². The molecule has 0 atom stereocenters. The average Bonchev–Trinajstić information content (AvgIpc) is 2.27. The van der Waals surface area contributed by atoms with Crippen LogP contribution in [0.4, 0.5) is 0 Å². The van der Waals surface area contributed by atoms with Gasteiger partial charge in [0.25, 0.3) is 0 Å². The Morgan fingerprint density at radius 2 is 2.13 bits per heavy atom. The van der Waals surface area contributed by atoms with E-state index in [0.29, 0.717) is 11.9 Å². The Kier molecular flexibility index (Phi) is 2.37. The summed E-state index contributed by atoms with van der Waals surface area (Å²) < 4.78 is 5.00. The molecule has 76 valence electrons. The predicted molar refractivity (Wildman–Crippen MR) is 57.2 cm³/mol. The van der Waals surface area contributed by atoms with E-state index in [0.717, 1.165) is 17.4 Å². The Morgan fingerprint density at radius 3 is 2.80 bits per heavy atom. The smallest absolute Gasteiger partial charge is 0.346 e. The molecule has 0 radical (unpaired) electrons. The summed E-state index contributed by atoms with van der Waals surface area (Å²) in [7, 11) is 0. The Hall–Kier alpha value is -1.90. The van der Waals surface area contributed by atoms with E-state index in [2.05, 4.69) is 0 Å². The number of aryl methyl sites for hydroxylation is 1. The maximum atomic E-state index is 11.2. The van der Waals surface area contributed by atoms with Crippen molar-refractivity contribution in [2.45, 2.75) is 13.3 Å². The first-order valence-corrected chi connectivity index (χ1v) is 4.76. The molecule has 2 aromatic rings. The minimum Gasteiger partial charge on any atom is -0.422 e. The minimum atomic E-state index is -0.582. The van der Waals surface area contributed by atoms with E-state index in [4.69, 9.17) is 4.42 Å². The highest BCUT2D eigenvalue weighted by molar-refractivity contribution is 5.84. The number of carbonyl (C=O) groups excluding carboxylic acids is 1. The number of hydrogen-bond acceptors (Lipinski definition) is 3. The van der Waals surface area contributed by atoms with Gasteiger partial charge in [0.15, 0.2) is 6.29 Å². The van der Waals surface area contributed by atoms with Crippen molar-refractivity contribution in [2.24, 2.45) is 0 Å². The SMILES string of the molecule is CCc1ccc2oc(=O)c(C=O)cc2c1. The highest BCUT2D eigenvalue weighted by Crippen LogP contribution is 2.15. The van der Waals surface area contributed by atoms with E-state index >= 15 is 0 Å². The summed E-state index contributed by atoms with van der Waals surface area (Å²) in [6, 6.07) is 7.15. The summed E-state index contributed by atoms with van der Waals surface area (Å²) >= 11 is 0. The number of aldehydes is 1. The Morgan fingerprint density at radius 1 is 1.33 bits per heavy atom. The molecule has 3 nitrogen and oxygen atoms in total. The van der Waals surface area contributed by atoms with Crippen LogP contribution in [0.3, 0.4) is 0 Å². The van der Waals surface area contributed by atoms with Crippen LogP contribution in [0.15, 0.2) is 33.5 Å². The molecule has 1 aromatic heterocycles. The molecule has 0 fully saturated rings. The van der Waals surface area contributed by atoms with E-state index in [1.165, 1.54) is 0 Å². The van der Waals surface area contributed by atoms with Gasteiger partial charge in [0.1, 0.15) is 11.1 Å². The van der Waals surface area contributed by atoms with Gasteiger partial charge in [-0.2, -0.15) is 0 Å². The van der Waals surface area contributed by atoms with Crippen LogP contribution in [0, 0.1) is 0 Å². The summed E-state index contributed by atoms with van der Waals surface area (Å²) in [5, 5.41) is 0.788. The van der Waals surface area contributed by atoms with Gasteiger partial charge in [-0.3, -0.25) is 4.79 Å². The highest BCUT2D eigenvalue weighted by atomic mass is 16.4. The second-order valence-corrected chi connectivity index (χ2v) is 3.33. The van der Waals surface area contributed by atoms with Gasteiger partial charge in [0.2, 0.25) is 0 Å². The third-order valence-corrected chi connectivity index (χ3v) is 2.36. The van der Waals surface area contributed by atoms with Gasteiger partial charge in [-0.15, -0.1) is 0 Å². The number of carbonyl (C=O) groups is 1. The molecule has 0 bridgehead atoms. The van der Waals surface area contributed by atoms with Crippen LogP contribution in [-0.4, -0.2) is 6.29 Å². The van der Waals surface area contributed by atoms with Crippen molar-refractivity contribution >= 4 is 17.3 Å². The van der Waals surface area contributed by atoms with Crippen LogP contribution in [0.5, 0.6) is 0 Å². The summed E-state index contributed by atoms with van der Waals surface area (Å²) in [5.74, 6) is 0. The monoisotopic (exact) mass is 202 g/mol. The third kappa shape index (κ3) is 1.68. The molecule has 3 heteroatoms. The number of hydrogen-bond donors (Lipinski definition) is 0. The average molecular weight is 202 g/mol. The van der Waals surface area contributed by atoms with Gasteiger partial charge in [-0.05, 0) is 30.2 Å². The van der Waals surface area contributed by atoms with E-state index in [9.17, 15) is 9.59 Å². The van der Waals surface area contributed by atoms with Gasteiger partial charge < -0.3 is 4.42 Å². The Balaban J connectivity index is 2.76. The molecule has 0 unspecified atom stereocenters. The summed E-state index contributed by atoms with van der Waals surface area (Å²) in [4.78, 5) is 21.8. The van der Waals surface area contributed by atoms with E-state index in [1.54, 1.807) is 12.1 Å². The van der Waals surface area contributed by atoms with E-state index in [1.807, 2.05) is 19.1 Å². The highest BCUT2D eigenvalue weighted by Gasteiger charge is 2.04. The van der Waals surface area contributed by atoms with Crippen LogP contribution >= 0.6 is 0 Å². The van der Waals surface area contributed by atoms with Crippen LogP contribution in [-0.2, 0) is 6.42 Å². The molecule has 0 spiro atoms. The van der Waals surface area contributed by atoms with Gasteiger partial charge >= 0.3 is 5.63 Å². The number of rotatable bonds is 2. The molecule has 0 amide bonds. The van der Waals surface area contributed by atoms with Crippen molar-refractivity contribution in [3.8, 4) is 0 Å². The number of benzene rings is 1. The molecule has 0 aliphatic rings. The first-order valence-electron chi connectivity index (χ1n) is 4.76. The molecular formula is C12H10O3. The van der Waals surface area contributed by atoms with Crippen molar-refractivity contribution in [3.63, 3.8) is 0 Å². The minimum absolute atomic E-state index is 0.0655. The molecule has 0 N–H and O–H groups in total. The standard InChI is InChI=1S/C12H10O3/c1-2-8-3-4-11-9(5-8)6-10(7-13)12(14)15-11/h3-7H,2H2,1H3. The lowest BCUT2D eigenvalue weighted by Crippen LogP contribution is -2.05. The van der Waals surface area contributed by atoms with Gasteiger partial charge in [-0.25, -0.2) is 4.79 Å². The second-order valence-electron chi connectivity index (χ2n) is 3.33. The lowest BCUT2D eigenvalue weighted by molar-refractivity contribution is 0.112. The van der Waals surface area contributed by atoms with Crippen LogP contribution in [0.25, 0.3) is 11.0 Å². The number of fused-ring (bicyclic) bond motifs is 1. The summed E-state index contributed by atoms with van der Waals surface area (Å²) in [6.07, 6.45) is 1.43. The quantitative estimate of drug-likeness (QED) is 0.553. The molecule has 1 heterocycles. The summed E-state index contributed by atoms with van der Waals surface area (Å²) in [5.41, 5.74) is 1.15. The molecule has 2 rings (SSSR count). The molecule has 0 saturated carbocycles. The largest absolute Gasteiger partial charge is 0.422 e. The zero-order chi connectivity index (χ0) is 10.8. The molecule has 0 saturated heterocycles. The first-order chi connectivity index (χ1) is 7.24. The normalized spacial score (nSPS) is 10.5. The molecule has 15 heavy (non-hydrogen) atoms.